The van der Waals surface area contributed by atoms with E-state index < -0.39 is 32.5 Å². The quantitative estimate of drug-likeness (QED) is 0.101. The van der Waals surface area contributed by atoms with E-state index in [1.54, 1.807) is 60.7 Å². The zero-order chi connectivity index (χ0) is 37.3. The maximum atomic E-state index is 13.8. The molecule has 272 valence electrons. The highest BCUT2D eigenvalue weighted by Crippen LogP contribution is 2.31. The number of furan rings is 1. The van der Waals surface area contributed by atoms with Gasteiger partial charge in [0.05, 0.1) is 43.3 Å². The van der Waals surface area contributed by atoms with Crippen LogP contribution >= 0.6 is 0 Å². The molecule has 0 radical (unpaired) electrons. The molecule has 4 aromatic carbocycles. The van der Waals surface area contributed by atoms with Crippen LogP contribution in [0.1, 0.15) is 33.8 Å². The smallest absolute Gasteiger partial charge is 0.255 e. The molecule has 0 atom stereocenters. The summed E-state index contributed by atoms with van der Waals surface area (Å²) in [6.45, 7) is 3.27. The van der Waals surface area contributed by atoms with Crippen LogP contribution in [0.3, 0.4) is 0 Å². The van der Waals surface area contributed by atoms with Crippen molar-refractivity contribution in [1.29, 1.82) is 0 Å². The van der Waals surface area contributed by atoms with Crippen LogP contribution in [-0.4, -0.2) is 58.3 Å². The Balaban J connectivity index is 1.30. The average molecular weight is 745 g/mol. The number of carbonyl (C=O) groups is 1. The van der Waals surface area contributed by atoms with Crippen LogP contribution in [0.4, 0.5) is 0 Å². The molecule has 1 aromatic heterocycles. The lowest BCUT2D eigenvalue weighted by molar-refractivity contribution is -0.121. The van der Waals surface area contributed by atoms with Crippen molar-refractivity contribution in [2.45, 2.75) is 43.3 Å². The standard InChI is InChI=1S/C38H40N4O8S2/c1-28-10-14-31(15-11-28)25-41(51(44,45)34-18-12-29(2)13-19-34)26-33-17-16-32(50-33)23-39-40-38(43)27-42(24-30-8-6-5-7-9-30)52(46,47)35-20-21-36(48-3)37(22-35)49-4/h5-23H,24-27H2,1-4H3,(H,40,43)/b39-23-. The van der Waals surface area contributed by atoms with Gasteiger partial charge in [-0.05, 0) is 61.4 Å². The minimum absolute atomic E-state index is 0.0628. The second-order valence-corrected chi connectivity index (χ2v) is 15.8. The highest BCUT2D eigenvalue weighted by atomic mass is 32.2. The molecule has 0 saturated heterocycles. The number of ether oxygens (including phenoxy) is 2. The van der Waals surface area contributed by atoms with Crippen LogP contribution in [0.2, 0.25) is 0 Å². The van der Waals surface area contributed by atoms with Crippen LogP contribution in [0.15, 0.2) is 129 Å². The molecule has 0 spiro atoms. The third-order valence-corrected chi connectivity index (χ3v) is 11.6. The molecule has 0 saturated carbocycles. The minimum Gasteiger partial charge on any atom is -0.493 e. The van der Waals surface area contributed by atoms with Crippen molar-refractivity contribution in [1.82, 2.24) is 14.0 Å². The second kappa shape index (κ2) is 16.8. The Bertz CT molecular complexity index is 2220. The number of benzene rings is 4. The fourth-order valence-electron chi connectivity index (χ4n) is 5.21. The van der Waals surface area contributed by atoms with Gasteiger partial charge in [-0.3, -0.25) is 4.79 Å². The number of rotatable bonds is 16. The van der Waals surface area contributed by atoms with E-state index in [0.717, 1.165) is 21.0 Å². The number of carbonyl (C=O) groups excluding carboxylic acids is 1. The summed E-state index contributed by atoms with van der Waals surface area (Å²) in [6.07, 6.45) is 1.25. The highest BCUT2D eigenvalue weighted by molar-refractivity contribution is 7.89. The van der Waals surface area contributed by atoms with Crippen molar-refractivity contribution >= 4 is 32.2 Å². The largest absolute Gasteiger partial charge is 0.493 e. The summed E-state index contributed by atoms with van der Waals surface area (Å²) in [5, 5.41) is 3.97. The monoisotopic (exact) mass is 744 g/mol. The van der Waals surface area contributed by atoms with Gasteiger partial charge in [-0.1, -0.05) is 77.9 Å². The molecular formula is C38H40N4O8S2. The molecule has 0 unspecified atom stereocenters. The molecule has 0 fully saturated rings. The average Bonchev–Trinajstić information content (AvgIpc) is 3.59. The van der Waals surface area contributed by atoms with Crippen molar-refractivity contribution in [3.8, 4) is 11.5 Å². The first-order valence-corrected chi connectivity index (χ1v) is 19.1. The number of amides is 1. The number of methoxy groups -OCH3 is 2. The fourth-order valence-corrected chi connectivity index (χ4v) is 8.00. The summed E-state index contributed by atoms with van der Waals surface area (Å²) < 4.78 is 73.9. The zero-order valence-corrected chi connectivity index (χ0v) is 30.9. The lowest BCUT2D eigenvalue weighted by Crippen LogP contribution is -2.39. The molecule has 12 nitrogen and oxygen atoms in total. The van der Waals surface area contributed by atoms with Gasteiger partial charge in [-0.25, -0.2) is 22.3 Å². The molecule has 52 heavy (non-hydrogen) atoms. The van der Waals surface area contributed by atoms with Crippen molar-refractivity contribution in [3.63, 3.8) is 0 Å². The summed E-state index contributed by atoms with van der Waals surface area (Å²) in [4.78, 5) is 13.1. The summed E-state index contributed by atoms with van der Waals surface area (Å²) >= 11 is 0. The third-order valence-electron chi connectivity index (χ3n) is 8.05. The van der Waals surface area contributed by atoms with E-state index in [9.17, 15) is 21.6 Å². The molecule has 5 aromatic rings. The number of nitrogens with one attached hydrogen (secondary N) is 1. The van der Waals surface area contributed by atoms with Gasteiger partial charge >= 0.3 is 0 Å². The number of aryl methyl sites for hydroxylation is 2. The van der Waals surface area contributed by atoms with Gasteiger partial charge in [0.15, 0.2) is 11.5 Å². The van der Waals surface area contributed by atoms with Gasteiger partial charge in [0, 0.05) is 19.2 Å². The first-order valence-electron chi connectivity index (χ1n) is 16.2. The zero-order valence-electron chi connectivity index (χ0n) is 29.2. The molecule has 14 heteroatoms. The Labute approximate surface area is 304 Å². The van der Waals surface area contributed by atoms with E-state index in [1.165, 1.54) is 42.9 Å². The van der Waals surface area contributed by atoms with Crippen molar-refractivity contribution in [3.05, 3.63) is 143 Å². The molecule has 0 aliphatic heterocycles. The van der Waals surface area contributed by atoms with E-state index >= 15 is 0 Å². The first kappa shape index (κ1) is 38.0. The van der Waals surface area contributed by atoms with Crippen molar-refractivity contribution < 1.29 is 35.5 Å². The van der Waals surface area contributed by atoms with Gasteiger partial charge in [-0.15, -0.1) is 0 Å². The van der Waals surface area contributed by atoms with E-state index in [-0.39, 0.29) is 40.9 Å². The molecule has 1 N–H and O–H groups in total. The van der Waals surface area contributed by atoms with Gasteiger partial charge in [-0.2, -0.15) is 13.7 Å². The fraction of sp³-hybridized carbons (Fsp3) is 0.211. The molecule has 5 rings (SSSR count). The van der Waals surface area contributed by atoms with Gasteiger partial charge in [0.25, 0.3) is 5.91 Å². The van der Waals surface area contributed by atoms with E-state index in [2.05, 4.69) is 10.5 Å². The predicted octanol–water partition coefficient (Wildman–Crippen LogP) is 5.65. The third kappa shape index (κ3) is 9.53. The summed E-state index contributed by atoms with van der Waals surface area (Å²) in [7, 11) is -5.24. The van der Waals surface area contributed by atoms with E-state index in [0.29, 0.717) is 17.1 Å². The molecule has 0 bridgehead atoms. The Kier molecular flexibility index (Phi) is 12.3. The Morgan fingerprint density at radius 1 is 0.692 bits per heavy atom. The van der Waals surface area contributed by atoms with E-state index in [4.69, 9.17) is 13.9 Å². The maximum Gasteiger partial charge on any atom is 0.255 e. The number of hydrogen-bond acceptors (Lipinski definition) is 9. The van der Waals surface area contributed by atoms with Crippen LogP contribution in [-0.2, 0) is 44.5 Å². The summed E-state index contributed by atoms with van der Waals surface area (Å²) in [5.41, 5.74) is 5.84. The first-order chi connectivity index (χ1) is 24.9. The molecular weight excluding hydrogens is 705 g/mol. The Morgan fingerprint density at radius 2 is 1.27 bits per heavy atom. The number of hydrogen-bond donors (Lipinski definition) is 1. The number of sulfonamides is 2. The van der Waals surface area contributed by atoms with Crippen LogP contribution in [0, 0.1) is 13.8 Å². The lowest BCUT2D eigenvalue weighted by Gasteiger charge is -2.22. The van der Waals surface area contributed by atoms with Gasteiger partial charge in [0.1, 0.15) is 11.5 Å². The van der Waals surface area contributed by atoms with Crippen LogP contribution < -0.4 is 14.9 Å². The van der Waals surface area contributed by atoms with Gasteiger partial charge < -0.3 is 13.9 Å². The highest BCUT2D eigenvalue weighted by Gasteiger charge is 2.29. The summed E-state index contributed by atoms with van der Waals surface area (Å²) in [6, 6.07) is 30.6. The lowest BCUT2D eigenvalue weighted by atomic mass is 10.1. The predicted molar refractivity (Wildman–Crippen MR) is 197 cm³/mol. The second-order valence-electron chi connectivity index (χ2n) is 11.9. The number of nitrogens with zero attached hydrogens (tertiary/aromatic N) is 3. The van der Waals surface area contributed by atoms with Crippen molar-refractivity contribution in [2.75, 3.05) is 20.8 Å². The Hall–Kier alpha value is -5.28. The van der Waals surface area contributed by atoms with E-state index in [1.807, 2.05) is 44.2 Å². The SMILES string of the molecule is COc1ccc(S(=O)(=O)N(CC(=O)N/N=C\c2ccc(CN(Cc3ccc(C)cc3)S(=O)(=O)c3ccc(C)cc3)o2)Cc2ccccc2)cc1OC. The van der Waals surface area contributed by atoms with Crippen molar-refractivity contribution in [2.24, 2.45) is 5.10 Å². The van der Waals surface area contributed by atoms with Gasteiger partial charge in [0.2, 0.25) is 20.0 Å². The molecule has 0 aliphatic rings. The Morgan fingerprint density at radius 3 is 1.92 bits per heavy atom. The molecule has 1 amide bonds. The molecule has 0 aliphatic carbocycles. The topological polar surface area (TPSA) is 148 Å². The van der Waals surface area contributed by atoms with Crippen LogP contribution in [0.5, 0.6) is 11.5 Å². The summed E-state index contributed by atoms with van der Waals surface area (Å²) in [5.74, 6) is 0.483. The number of hydrazone groups is 1. The molecule has 1 heterocycles. The maximum absolute atomic E-state index is 13.8. The normalized spacial score (nSPS) is 12.0. The minimum atomic E-state index is -4.18. The van der Waals surface area contributed by atoms with Crippen LogP contribution in [0.25, 0.3) is 0 Å².